The Hall–Kier alpha value is -1.06. The number of hydrogen-bond acceptors (Lipinski definition) is 6. The molecule has 3 N–H and O–H groups in total. The molecule has 1 aromatic rings. The number of rotatable bonds is 5. The molecule has 1 aliphatic rings. The summed E-state index contributed by atoms with van der Waals surface area (Å²) in [4.78, 5) is 4.09. The molecule has 1 fully saturated rings. The third-order valence-corrected chi connectivity index (χ3v) is 5.55. The van der Waals surface area contributed by atoms with E-state index in [0.717, 1.165) is 4.31 Å². The van der Waals surface area contributed by atoms with E-state index in [9.17, 15) is 13.5 Å². The van der Waals surface area contributed by atoms with Gasteiger partial charge in [-0.25, -0.2) is 8.42 Å². The lowest BCUT2D eigenvalue weighted by atomic mass is 9.95. The Morgan fingerprint density at radius 3 is 2.76 bits per heavy atom. The van der Waals surface area contributed by atoms with Gasteiger partial charge in [0, 0.05) is 52.4 Å². The molecule has 0 unspecified atom stereocenters. The van der Waals surface area contributed by atoms with Crippen molar-refractivity contribution in [3.63, 3.8) is 0 Å². The molecule has 2 rings (SSSR count). The highest BCUT2D eigenvalue weighted by molar-refractivity contribution is 7.89. The molecule has 1 saturated heterocycles. The van der Waals surface area contributed by atoms with E-state index in [1.807, 2.05) is 0 Å². The molecule has 1 aliphatic heterocycles. The quantitative estimate of drug-likeness (QED) is 0.773. The summed E-state index contributed by atoms with van der Waals surface area (Å²) in [5.41, 5.74) is 4.82. The average molecular weight is 315 g/mol. The molecule has 2 heterocycles. The first-order chi connectivity index (χ1) is 9.89. The lowest BCUT2D eigenvalue weighted by Gasteiger charge is -2.35. The zero-order valence-corrected chi connectivity index (χ0v) is 12.8. The van der Waals surface area contributed by atoms with Gasteiger partial charge in [0.25, 0.3) is 0 Å². The summed E-state index contributed by atoms with van der Waals surface area (Å²) in [6.07, 6.45) is 2.35. The minimum atomic E-state index is -3.73. The third kappa shape index (κ3) is 3.58. The molecule has 0 radical (unpaired) electrons. The van der Waals surface area contributed by atoms with Crippen molar-refractivity contribution in [1.82, 2.24) is 9.29 Å². The molecular formula is C13H21N3O4S. The van der Waals surface area contributed by atoms with Crippen LogP contribution in [0.2, 0.25) is 0 Å². The fourth-order valence-electron chi connectivity index (χ4n) is 2.39. The molecule has 0 saturated carbocycles. The fourth-order valence-corrected chi connectivity index (χ4v) is 3.82. The number of nitrogens with zero attached hydrogens (tertiary/aromatic N) is 2. The van der Waals surface area contributed by atoms with Crippen molar-refractivity contribution < 1.29 is 18.3 Å². The van der Waals surface area contributed by atoms with Crippen LogP contribution in [0.4, 0.5) is 0 Å². The Kier molecular flexibility index (Phi) is 4.95. The monoisotopic (exact) mass is 315 g/mol. The van der Waals surface area contributed by atoms with Gasteiger partial charge in [-0.05, 0) is 12.1 Å². The number of aliphatic hydroxyl groups is 1. The summed E-state index contributed by atoms with van der Waals surface area (Å²) in [6, 6.07) is 3.04. The first-order valence-electron chi connectivity index (χ1n) is 6.79. The smallest absolute Gasteiger partial charge is 0.244 e. The van der Waals surface area contributed by atoms with E-state index in [0.29, 0.717) is 31.7 Å². The van der Waals surface area contributed by atoms with Crippen molar-refractivity contribution >= 4 is 10.0 Å². The van der Waals surface area contributed by atoms with E-state index in [1.165, 1.54) is 19.3 Å². The normalized spacial score (nSPS) is 18.9. The van der Waals surface area contributed by atoms with E-state index in [2.05, 4.69) is 4.98 Å². The van der Waals surface area contributed by atoms with Gasteiger partial charge in [-0.1, -0.05) is 0 Å². The van der Waals surface area contributed by atoms with Crippen molar-refractivity contribution in [3.05, 3.63) is 24.0 Å². The van der Waals surface area contributed by atoms with Crippen molar-refractivity contribution in [3.8, 4) is 0 Å². The van der Waals surface area contributed by atoms with E-state index >= 15 is 0 Å². The number of aromatic nitrogens is 1. The Bertz CT molecular complexity index is 585. The number of nitrogens with two attached hydrogens (primary N) is 1. The van der Waals surface area contributed by atoms with Crippen molar-refractivity contribution in [1.29, 1.82) is 0 Å². The van der Waals surface area contributed by atoms with Crippen LogP contribution in [0, 0.1) is 0 Å². The van der Waals surface area contributed by atoms with Crippen LogP contribution in [-0.4, -0.2) is 55.2 Å². The minimum absolute atomic E-state index is 0.0254. The van der Waals surface area contributed by atoms with Gasteiger partial charge in [-0.2, -0.15) is 4.31 Å². The Labute approximate surface area is 124 Å². The number of likely N-dealkylation sites (N-methyl/N-ethyl adjacent to an activating group) is 1. The van der Waals surface area contributed by atoms with Crippen LogP contribution in [0.3, 0.4) is 0 Å². The summed E-state index contributed by atoms with van der Waals surface area (Å²) >= 11 is 0. The average Bonchev–Trinajstić information content (AvgIpc) is 2.47. The van der Waals surface area contributed by atoms with Crippen molar-refractivity contribution in [2.75, 3.05) is 26.8 Å². The van der Waals surface area contributed by atoms with Gasteiger partial charge in [0.1, 0.15) is 4.90 Å². The molecule has 118 valence electrons. The van der Waals surface area contributed by atoms with Gasteiger partial charge in [-0.3, -0.25) is 4.98 Å². The predicted molar refractivity (Wildman–Crippen MR) is 76.9 cm³/mol. The van der Waals surface area contributed by atoms with Crippen LogP contribution in [0.1, 0.15) is 18.5 Å². The van der Waals surface area contributed by atoms with Gasteiger partial charge >= 0.3 is 0 Å². The molecule has 8 heteroatoms. The van der Waals surface area contributed by atoms with E-state index in [-0.39, 0.29) is 18.0 Å². The number of pyridine rings is 1. The largest absolute Gasteiger partial charge is 0.388 e. The summed E-state index contributed by atoms with van der Waals surface area (Å²) < 4.78 is 31.6. The van der Waals surface area contributed by atoms with Gasteiger partial charge in [0.15, 0.2) is 0 Å². The minimum Gasteiger partial charge on any atom is -0.388 e. The van der Waals surface area contributed by atoms with Crippen LogP contribution >= 0.6 is 0 Å². The Balaban J connectivity index is 2.22. The topological polar surface area (TPSA) is 106 Å². The highest BCUT2D eigenvalue weighted by Gasteiger charge is 2.35. The highest BCUT2D eigenvalue weighted by atomic mass is 32.2. The maximum absolute atomic E-state index is 12.6. The number of ether oxygens (including phenoxy) is 1. The van der Waals surface area contributed by atoms with E-state index < -0.39 is 15.6 Å². The van der Waals surface area contributed by atoms with Crippen LogP contribution < -0.4 is 5.73 Å². The maximum Gasteiger partial charge on any atom is 0.244 e. The second kappa shape index (κ2) is 6.37. The molecule has 1 aromatic heterocycles. The predicted octanol–water partition coefficient (Wildman–Crippen LogP) is -0.298. The van der Waals surface area contributed by atoms with Gasteiger partial charge < -0.3 is 15.6 Å². The van der Waals surface area contributed by atoms with Crippen LogP contribution in [0.5, 0.6) is 0 Å². The first-order valence-corrected chi connectivity index (χ1v) is 8.23. The fraction of sp³-hybridized carbons (Fsp3) is 0.615. The first kappa shape index (κ1) is 16.3. The zero-order valence-electron chi connectivity index (χ0n) is 12.0. The van der Waals surface area contributed by atoms with Crippen LogP contribution in [0.25, 0.3) is 0 Å². The highest BCUT2D eigenvalue weighted by Crippen LogP contribution is 2.25. The second-order valence-electron chi connectivity index (χ2n) is 5.25. The summed E-state index contributed by atoms with van der Waals surface area (Å²) in [6.45, 7) is 0.940. The Morgan fingerprint density at radius 1 is 1.48 bits per heavy atom. The SMILES string of the molecule is CN(CC1(O)CCOCC1)S(=O)(=O)c1cccnc1CN. The zero-order chi connectivity index (χ0) is 15.5. The molecule has 0 atom stereocenters. The number of sulfonamides is 1. The third-order valence-electron chi connectivity index (χ3n) is 3.67. The summed E-state index contributed by atoms with van der Waals surface area (Å²) in [7, 11) is -2.27. The molecule has 0 aliphatic carbocycles. The molecule has 21 heavy (non-hydrogen) atoms. The van der Waals surface area contributed by atoms with Gasteiger partial charge in [0.05, 0.1) is 11.3 Å². The van der Waals surface area contributed by atoms with Gasteiger partial charge in [-0.15, -0.1) is 0 Å². The van der Waals surface area contributed by atoms with E-state index in [1.54, 1.807) is 6.07 Å². The number of hydrogen-bond donors (Lipinski definition) is 2. The molecule has 0 aromatic carbocycles. The molecule has 7 nitrogen and oxygen atoms in total. The lowest BCUT2D eigenvalue weighted by Crippen LogP contribution is -2.47. The van der Waals surface area contributed by atoms with Crippen LogP contribution in [-0.2, 0) is 21.3 Å². The standard InChI is InChI=1S/C13H21N3O4S/c1-16(10-13(17)4-7-20-8-5-13)21(18,19)12-3-2-6-15-11(12)9-14/h2-3,6,17H,4-5,7-10,14H2,1H3. The van der Waals surface area contributed by atoms with Gasteiger partial charge in [0.2, 0.25) is 10.0 Å². The van der Waals surface area contributed by atoms with Crippen LogP contribution in [0.15, 0.2) is 23.2 Å². The molecular weight excluding hydrogens is 294 g/mol. The molecule has 0 bridgehead atoms. The molecule has 0 spiro atoms. The molecule has 0 amide bonds. The summed E-state index contributed by atoms with van der Waals surface area (Å²) in [5, 5.41) is 10.5. The Morgan fingerprint density at radius 2 is 2.14 bits per heavy atom. The van der Waals surface area contributed by atoms with E-state index in [4.69, 9.17) is 10.5 Å². The maximum atomic E-state index is 12.6. The van der Waals surface area contributed by atoms with Crippen molar-refractivity contribution in [2.24, 2.45) is 5.73 Å². The summed E-state index contributed by atoms with van der Waals surface area (Å²) in [5.74, 6) is 0. The second-order valence-corrected chi connectivity index (χ2v) is 7.26. The lowest BCUT2D eigenvalue weighted by molar-refractivity contribution is -0.0689. The van der Waals surface area contributed by atoms with Crippen molar-refractivity contribution in [2.45, 2.75) is 29.9 Å².